The molecule has 1 saturated heterocycles. The molecule has 1 aliphatic heterocycles. The molecule has 1 aromatic carbocycles. The Morgan fingerprint density at radius 2 is 2.06 bits per heavy atom. The Morgan fingerprint density at radius 3 is 2.89 bits per heavy atom. The zero-order valence-corrected chi connectivity index (χ0v) is 11.8. The molecule has 3 rings (SSSR count). The Bertz CT molecular complexity index is 550. The third kappa shape index (κ3) is 2.55. The van der Waals surface area contributed by atoms with Gasteiger partial charge in [0.2, 0.25) is 0 Å². The first kappa shape index (κ1) is 12.1. The summed E-state index contributed by atoms with van der Waals surface area (Å²) in [5.74, 6) is 0. The molecular formula is C14H16BrN3. The predicted molar refractivity (Wildman–Crippen MR) is 77.6 cm³/mol. The Morgan fingerprint density at radius 1 is 1.22 bits per heavy atom. The fraction of sp³-hybridized carbons (Fsp3) is 0.357. The highest BCUT2D eigenvalue weighted by Crippen LogP contribution is 2.22. The van der Waals surface area contributed by atoms with E-state index in [9.17, 15) is 0 Å². The third-order valence-electron chi connectivity index (χ3n) is 3.40. The van der Waals surface area contributed by atoms with Crippen LogP contribution in [0.4, 0.5) is 0 Å². The highest BCUT2D eigenvalue weighted by atomic mass is 79.9. The number of fused-ring (bicyclic) bond motifs is 1. The zero-order valence-electron chi connectivity index (χ0n) is 10.2. The quantitative estimate of drug-likeness (QED) is 0.923. The number of benzene rings is 1. The van der Waals surface area contributed by atoms with Gasteiger partial charge in [-0.05, 0) is 23.8 Å². The second-order valence-electron chi connectivity index (χ2n) is 4.66. The van der Waals surface area contributed by atoms with Crippen molar-refractivity contribution in [3.05, 3.63) is 40.5 Å². The van der Waals surface area contributed by atoms with Crippen molar-refractivity contribution in [1.29, 1.82) is 0 Å². The molecule has 1 aromatic heterocycles. The predicted octanol–water partition coefficient (Wildman–Crippen LogP) is 2.40. The summed E-state index contributed by atoms with van der Waals surface area (Å²) in [5.41, 5.74) is 2.44. The fourth-order valence-electron chi connectivity index (χ4n) is 2.43. The third-order valence-corrected chi connectivity index (χ3v) is 3.89. The minimum absolute atomic E-state index is 1.02. The molecule has 0 unspecified atom stereocenters. The minimum Gasteiger partial charge on any atom is -0.314 e. The number of piperazine rings is 1. The second-order valence-corrected chi connectivity index (χ2v) is 5.57. The van der Waals surface area contributed by atoms with Gasteiger partial charge < -0.3 is 5.32 Å². The van der Waals surface area contributed by atoms with Crippen LogP contribution < -0.4 is 5.32 Å². The highest BCUT2D eigenvalue weighted by molar-refractivity contribution is 9.10. The Kier molecular flexibility index (Phi) is 3.59. The number of pyridine rings is 1. The van der Waals surface area contributed by atoms with Crippen molar-refractivity contribution in [3.8, 4) is 0 Å². The van der Waals surface area contributed by atoms with Crippen LogP contribution in [-0.4, -0.2) is 36.1 Å². The Hall–Kier alpha value is -0.970. The van der Waals surface area contributed by atoms with E-state index >= 15 is 0 Å². The number of aromatic nitrogens is 1. The van der Waals surface area contributed by atoms with Crippen LogP contribution in [0.3, 0.4) is 0 Å². The zero-order chi connectivity index (χ0) is 12.4. The molecule has 1 aliphatic rings. The maximum absolute atomic E-state index is 4.43. The van der Waals surface area contributed by atoms with Crippen LogP contribution in [0, 0.1) is 0 Å². The number of nitrogens with zero attached hydrogens (tertiary/aromatic N) is 2. The standard InChI is InChI=1S/C14H16BrN3/c15-12-1-2-13-11(3-4-17-14(13)9-12)10-18-7-5-16-6-8-18/h1-4,9,16H,5-8,10H2. The van der Waals surface area contributed by atoms with E-state index in [2.05, 4.69) is 55.4 Å². The molecule has 0 bridgehead atoms. The lowest BCUT2D eigenvalue weighted by Gasteiger charge is -2.27. The number of hydrogen-bond donors (Lipinski definition) is 1. The van der Waals surface area contributed by atoms with Crippen molar-refractivity contribution in [3.63, 3.8) is 0 Å². The maximum atomic E-state index is 4.43. The summed E-state index contributed by atoms with van der Waals surface area (Å²) in [7, 11) is 0. The summed E-state index contributed by atoms with van der Waals surface area (Å²) in [6.07, 6.45) is 1.91. The molecule has 2 heterocycles. The van der Waals surface area contributed by atoms with Gasteiger partial charge in [0.15, 0.2) is 0 Å². The van der Waals surface area contributed by atoms with Crippen LogP contribution in [0.5, 0.6) is 0 Å². The van der Waals surface area contributed by atoms with Gasteiger partial charge in [-0.1, -0.05) is 22.0 Å². The van der Waals surface area contributed by atoms with E-state index in [1.807, 2.05) is 6.20 Å². The van der Waals surface area contributed by atoms with Gasteiger partial charge >= 0.3 is 0 Å². The van der Waals surface area contributed by atoms with Gasteiger partial charge in [0, 0.05) is 48.8 Å². The lowest BCUT2D eigenvalue weighted by Crippen LogP contribution is -2.42. The summed E-state index contributed by atoms with van der Waals surface area (Å²) >= 11 is 3.50. The SMILES string of the molecule is Brc1ccc2c(CN3CCNCC3)ccnc2c1. The van der Waals surface area contributed by atoms with Crippen molar-refractivity contribution in [2.75, 3.05) is 26.2 Å². The van der Waals surface area contributed by atoms with Crippen molar-refractivity contribution < 1.29 is 0 Å². The number of halogens is 1. The Balaban J connectivity index is 1.91. The Labute approximate surface area is 115 Å². The van der Waals surface area contributed by atoms with Gasteiger partial charge in [0.05, 0.1) is 5.52 Å². The highest BCUT2D eigenvalue weighted by Gasteiger charge is 2.11. The number of hydrogen-bond acceptors (Lipinski definition) is 3. The van der Waals surface area contributed by atoms with E-state index in [-0.39, 0.29) is 0 Å². The minimum atomic E-state index is 1.02. The van der Waals surface area contributed by atoms with Crippen LogP contribution in [-0.2, 0) is 6.54 Å². The van der Waals surface area contributed by atoms with Gasteiger partial charge in [0.25, 0.3) is 0 Å². The molecule has 0 saturated carbocycles. The molecule has 0 radical (unpaired) electrons. The average molecular weight is 306 g/mol. The van der Waals surface area contributed by atoms with E-state index < -0.39 is 0 Å². The lowest BCUT2D eigenvalue weighted by molar-refractivity contribution is 0.234. The van der Waals surface area contributed by atoms with Crippen molar-refractivity contribution >= 4 is 26.8 Å². The molecule has 3 nitrogen and oxygen atoms in total. The molecule has 4 heteroatoms. The first-order valence-electron chi connectivity index (χ1n) is 6.29. The topological polar surface area (TPSA) is 28.2 Å². The lowest BCUT2D eigenvalue weighted by atomic mass is 10.1. The maximum Gasteiger partial charge on any atom is 0.0716 e. The van der Waals surface area contributed by atoms with E-state index in [0.29, 0.717) is 0 Å². The molecule has 94 valence electrons. The summed E-state index contributed by atoms with van der Waals surface area (Å²) in [6, 6.07) is 8.46. The van der Waals surface area contributed by atoms with Crippen LogP contribution in [0.15, 0.2) is 34.9 Å². The summed E-state index contributed by atoms with van der Waals surface area (Å²) < 4.78 is 1.09. The van der Waals surface area contributed by atoms with E-state index in [4.69, 9.17) is 0 Å². The van der Waals surface area contributed by atoms with Crippen molar-refractivity contribution in [1.82, 2.24) is 15.2 Å². The van der Waals surface area contributed by atoms with Gasteiger partial charge in [-0.15, -0.1) is 0 Å². The molecule has 2 aromatic rings. The van der Waals surface area contributed by atoms with Gasteiger partial charge in [-0.25, -0.2) is 0 Å². The molecule has 0 atom stereocenters. The van der Waals surface area contributed by atoms with Crippen LogP contribution in [0.25, 0.3) is 10.9 Å². The fourth-order valence-corrected chi connectivity index (χ4v) is 2.78. The van der Waals surface area contributed by atoms with Gasteiger partial charge in [-0.3, -0.25) is 9.88 Å². The number of rotatable bonds is 2. The van der Waals surface area contributed by atoms with Crippen molar-refractivity contribution in [2.24, 2.45) is 0 Å². The normalized spacial score (nSPS) is 17.2. The molecule has 1 fully saturated rings. The summed E-state index contributed by atoms with van der Waals surface area (Å²) in [4.78, 5) is 6.93. The van der Waals surface area contributed by atoms with Gasteiger partial charge in [0.1, 0.15) is 0 Å². The van der Waals surface area contributed by atoms with E-state index in [0.717, 1.165) is 42.7 Å². The van der Waals surface area contributed by atoms with E-state index in [1.54, 1.807) is 0 Å². The monoisotopic (exact) mass is 305 g/mol. The molecule has 1 N–H and O–H groups in total. The first-order chi connectivity index (χ1) is 8.83. The molecule has 0 amide bonds. The first-order valence-corrected chi connectivity index (χ1v) is 7.08. The largest absolute Gasteiger partial charge is 0.314 e. The van der Waals surface area contributed by atoms with Crippen LogP contribution in [0.2, 0.25) is 0 Å². The summed E-state index contributed by atoms with van der Waals surface area (Å²) in [6.45, 7) is 5.45. The van der Waals surface area contributed by atoms with E-state index in [1.165, 1.54) is 10.9 Å². The van der Waals surface area contributed by atoms with Crippen molar-refractivity contribution in [2.45, 2.75) is 6.54 Å². The van der Waals surface area contributed by atoms with Crippen LogP contribution in [0.1, 0.15) is 5.56 Å². The average Bonchev–Trinajstić information content (AvgIpc) is 2.40. The molecule has 18 heavy (non-hydrogen) atoms. The molecule has 0 spiro atoms. The van der Waals surface area contributed by atoms with Crippen LogP contribution >= 0.6 is 15.9 Å². The molecule has 0 aliphatic carbocycles. The number of nitrogens with one attached hydrogen (secondary N) is 1. The second kappa shape index (κ2) is 5.34. The smallest absolute Gasteiger partial charge is 0.0716 e. The molecular weight excluding hydrogens is 290 g/mol. The van der Waals surface area contributed by atoms with Gasteiger partial charge in [-0.2, -0.15) is 0 Å². The summed E-state index contributed by atoms with van der Waals surface area (Å²) in [5, 5.41) is 4.65.